The number of methoxy groups -OCH3 is 1. The highest BCUT2D eigenvalue weighted by Crippen LogP contribution is 2.25. The molecule has 0 radical (unpaired) electrons. The molecule has 72 valence electrons. The normalized spacial score (nSPS) is 9.14. The minimum Gasteiger partial charge on any atom is -0.495 e. The van der Waals surface area contributed by atoms with Crippen molar-refractivity contribution in [2.24, 2.45) is 0 Å². The SMILES string of the molecule is COc1cc(N)cc(C(=O)O)c1C#N. The molecular weight excluding hydrogens is 184 g/mol. The van der Waals surface area contributed by atoms with E-state index in [4.69, 9.17) is 20.8 Å². The molecule has 0 aromatic heterocycles. The van der Waals surface area contributed by atoms with Gasteiger partial charge in [-0.25, -0.2) is 4.79 Å². The highest BCUT2D eigenvalue weighted by molar-refractivity contribution is 5.93. The lowest BCUT2D eigenvalue weighted by atomic mass is 10.1. The van der Waals surface area contributed by atoms with Gasteiger partial charge in [0.1, 0.15) is 17.4 Å². The van der Waals surface area contributed by atoms with Crippen LogP contribution in [0, 0.1) is 11.3 Å². The summed E-state index contributed by atoms with van der Waals surface area (Å²) < 4.78 is 4.84. The molecule has 0 unspecified atom stereocenters. The van der Waals surface area contributed by atoms with E-state index in [1.165, 1.54) is 19.2 Å². The number of carboxylic acid groups (broad SMARTS) is 1. The molecule has 5 nitrogen and oxygen atoms in total. The van der Waals surface area contributed by atoms with Crippen molar-refractivity contribution in [2.45, 2.75) is 0 Å². The monoisotopic (exact) mass is 192 g/mol. The molecule has 0 spiro atoms. The first-order chi connectivity index (χ1) is 6.60. The minimum absolute atomic E-state index is 0.0193. The number of aromatic carboxylic acids is 1. The molecular formula is C9H8N2O3. The minimum atomic E-state index is -1.20. The van der Waals surface area contributed by atoms with Crippen LogP contribution in [-0.4, -0.2) is 18.2 Å². The van der Waals surface area contributed by atoms with Gasteiger partial charge in [0.05, 0.1) is 12.7 Å². The summed E-state index contributed by atoms with van der Waals surface area (Å²) in [7, 11) is 1.35. The van der Waals surface area contributed by atoms with E-state index in [0.717, 1.165) is 0 Å². The van der Waals surface area contributed by atoms with E-state index in [9.17, 15) is 4.79 Å². The maximum absolute atomic E-state index is 10.7. The first kappa shape index (κ1) is 9.86. The molecule has 0 bridgehead atoms. The zero-order valence-corrected chi connectivity index (χ0v) is 7.44. The maximum atomic E-state index is 10.7. The molecule has 1 rings (SSSR count). The first-order valence-electron chi connectivity index (χ1n) is 3.71. The van der Waals surface area contributed by atoms with Gasteiger partial charge in [0.25, 0.3) is 0 Å². The molecule has 5 heteroatoms. The molecule has 0 aliphatic heterocycles. The van der Waals surface area contributed by atoms with Gasteiger partial charge < -0.3 is 15.6 Å². The molecule has 3 N–H and O–H groups in total. The van der Waals surface area contributed by atoms with Crippen LogP contribution in [0.25, 0.3) is 0 Å². The predicted octanol–water partition coefficient (Wildman–Crippen LogP) is 0.847. The highest BCUT2D eigenvalue weighted by Gasteiger charge is 2.15. The van der Waals surface area contributed by atoms with E-state index in [0.29, 0.717) is 0 Å². The van der Waals surface area contributed by atoms with E-state index in [2.05, 4.69) is 0 Å². The van der Waals surface area contributed by atoms with Crippen molar-refractivity contribution in [3.05, 3.63) is 23.3 Å². The fraction of sp³-hybridized carbons (Fsp3) is 0.111. The van der Waals surface area contributed by atoms with Crippen molar-refractivity contribution >= 4 is 11.7 Å². The molecule has 0 fully saturated rings. The fourth-order valence-corrected chi connectivity index (χ4v) is 1.08. The average molecular weight is 192 g/mol. The maximum Gasteiger partial charge on any atom is 0.337 e. The summed E-state index contributed by atoms with van der Waals surface area (Å²) in [6.45, 7) is 0. The topological polar surface area (TPSA) is 96.3 Å². The lowest BCUT2D eigenvalue weighted by molar-refractivity contribution is 0.0696. The Hall–Kier alpha value is -2.22. The van der Waals surface area contributed by atoms with Crippen LogP contribution in [0.3, 0.4) is 0 Å². The number of hydrogen-bond donors (Lipinski definition) is 2. The second kappa shape index (κ2) is 3.66. The van der Waals surface area contributed by atoms with Gasteiger partial charge in [-0.2, -0.15) is 5.26 Å². The van der Waals surface area contributed by atoms with Crippen molar-refractivity contribution in [2.75, 3.05) is 12.8 Å². The summed E-state index contributed by atoms with van der Waals surface area (Å²) in [6.07, 6.45) is 0. The Labute approximate surface area is 80.3 Å². The van der Waals surface area contributed by atoms with Gasteiger partial charge in [0.15, 0.2) is 0 Å². The van der Waals surface area contributed by atoms with Gasteiger partial charge in [0.2, 0.25) is 0 Å². The second-order valence-corrected chi connectivity index (χ2v) is 2.56. The summed E-state index contributed by atoms with van der Waals surface area (Å²) in [6, 6.07) is 4.40. The summed E-state index contributed by atoms with van der Waals surface area (Å²) >= 11 is 0. The van der Waals surface area contributed by atoms with Gasteiger partial charge in [0, 0.05) is 11.8 Å². The molecule has 0 saturated heterocycles. The van der Waals surface area contributed by atoms with Crippen LogP contribution in [0.1, 0.15) is 15.9 Å². The Morgan fingerprint density at radius 1 is 1.64 bits per heavy atom. The van der Waals surface area contributed by atoms with Crippen molar-refractivity contribution < 1.29 is 14.6 Å². The number of nitrogens with two attached hydrogens (primary N) is 1. The number of carbonyl (C=O) groups is 1. The Kier molecular flexibility index (Phi) is 2.58. The number of ether oxygens (including phenoxy) is 1. The van der Waals surface area contributed by atoms with Crippen LogP contribution < -0.4 is 10.5 Å². The van der Waals surface area contributed by atoms with Crippen LogP contribution in [0.4, 0.5) is 5.69 Å². The molecule has 0 aliphatic carbocycles. The van der Waals surface area contributed by atoms with Gasteiger partial charge >= 0.3 is 5.97 Å². The predicted molar refractivity (Wildman–Crippen MR) is 49.1 cm³/mol. The molecule has 1 aromatic rings. The Balaban J connectivity index is 3.49. The number of hydrogen-bond acceptors (Lipinski definition) is 4. The summed E-state index contributed by atoms with van der Waals surface area (Å²) in [5.41, 5.74) is 5.52. The van der Waals surface area contributed by atoms with Crippen molar-refractivity contribution in [1.82, 2.24) is 0 Å². The molecule has 0 aliphatic rings. The van der Waals surface area contributed by atoms with Crippen molar-refractivity contribution in [3.8, 4) is 11.8 Å². The number of nitrogens with zero attached hydrogens (tertiary/aromatic N) is 1. The summed E-state index contributed by atoms with van der Waals surface area (Å²) in [4.78, 5) is 10.7. The number of nitriles is 1. The van der Waals surface area contributed by atoms with E-state index in [1.54, 1.807) is 6.07 Å². The number of nitrogen functional groups attached to an aromatic ring is 1. The zero-order chi connectivity index (χ0) is 10.7. The lowest BCUT2D eigenvalue weighted by Crippen LogP contribution is -2.04. The number of carboxylic acids is 1. The van der Waals surface area contributed by atoms with Gasteiger partial charge in [-0.15, -0.1) is 0 Å². The van der Waals surface area contributed by atoms with E-state index in [1.807, 2.05) is 0 Å². The molecule has 0 atom stereocenters. The third-order valence-corrected chi connectivity index (χ3v) is 1.69. The van der Waals surface area contributed by atoms with E-state index >= 15 is 0 Å². The second-order valence-electron chi connectivity index (χ2n) is 2.56. The smallest absolute Gasteiger partial charge is 0.337 e. The Morgan fingerprint density at radius 3 is 2.71 bits per heavy atom. The highest BCUT2D eigenvalue weighted by atomic mass is 16.5. The Morgan fingerprint density at radius 2 is 2.29 bits per heavy atom. The molecule has 1 aromatic carbocycles. The summed E-state index contributed by atoms with van der Waals surface area (Å²) in [5, 5.41) is 17.5. The molecule has 14 heavy (non-hydrogen) atoms. The van der Waals surface area contributed by atoms with Crippen LogP contribution >= 0.6 is 0 Å². The van der Waals surface area contributed by atoms with E-state index < -0.39 is 5.97 Å². The van der Waals surface area contributed by atoms with Crippen molar-refractivity contribution in [1.29, 1.82) is 5.26 Å². The first-order valence-corrected chi connectivity index (χ1v) is 3.71. The number of anilines is 1. The van der Waals surface area contributed by atoms with Gasteiger partial charge in [-0.3, -0.25) is 0 Å². The Bertz CT molecular complexity index is 421. The third-order valence-electron chi connectivity index (χ3n) is 1.69. The molecule has 0 heterocycles. The lowest BCUT2D eigenvalue weighted by Gasteiger charge is -2.06. The van der Waals surface area contributed by atoms with E-state index in [-0.39, 0.29) is 22.6 Å². The molecule has 0 saturated carbocycles. The van der Waals surface area contributed by atoms with Gasteiger partial charge in [-0.1, -0.05) is 0 Å². The number of rotatable bonds is 2. The standard InChI is InChI=1S/C9H8N2O3/c1-14-8-3-5(11)2-6(9(12)13)7(8)4-10/h2-3H,11H2,1H3,(H,12,13). The summed E-state index contributed by atoms with van der Waals surface area (Å²) in [5.74, 6) is -1.03. The van der Waals surface area contributed by atoms with Crippen LogP contribution in [-0.2, 0) is 0 Å². The zero-order valence-electron chi connectivity index (χ0n) is 7.44. The van der Waals surface area contributed by atoms with Crippen molar-refractivity contribution in [3.63, 3.8) is 0 Å². The third kappa shape index (κ3) is 1.59. The van der Waals surface area contributed by atoms with Crippen LogP contribution in [0.5, 0.6) is 5.75 Å². The quantitative estimate of drug-likeness (QED) is 0.677. The fourth-order valence-electron chi connectivity index (χ4n) is 1.08. The largest absolute Gasteiger partial charge is 0.495 e. The van der Waals surface area contributed by atoms with Crippen LogP contribution in [0.2, 0.25) is 0 Å². The molecule has 0 amide bonds. The van der Waals surface area contributed by atoms with Gasteiger partial charge in [-0.05, 0) is 6.07 Å². The number of benzene rings is 1. The van der Waals surface area contributed by atoms with Crippen LogP contribution in [0.15, 0.2) is 12.1 Å². The average Bonchev–Trinajstić information content (AvgIpc) is 2.16.